The van der Waals surface area contributed by atoms with Gasteiger partial charge in [0.15, 0.2) is 16.8 Å². The van der Waals surface area contributed by atoms with E-state index in [0.717, 1.165) is 11.3 Å². The second kappa shape index (κ2) is 8.19. The molecule has 0 aliphatic rings. The smallest absolute Gasteiger partial charge is 0.196 e. The topological polar surface area (TPSA) is 47.8 Å². The summed E-state index contributed by atoms with van der Waals surface area (Å²) in [7, 11) is 0. The lowest BCUT2D eigenvalue weighted by molar-refractivity contribution is 0.101. The zero-order valence-electron chi connectivity index (χ0n) is 14.8. The van der Waals surface area contributed by atoms with Crippen LogP contribution in [0.3, 0.4) is 0 Å². The number of halogens is 1. The molecule has 0 radical (unpaired) electrons. The number of carbonyl (C=O) groups excluding carboxylic acids is 1. The van der Waals surface area contributed by atoms with E-state index in [1.54, 1.807) is 12.1 Å². The first-order chi connectivity index (χ1) is 13.7. The van der Waals surface area contributed by atoms with Crippen molar-refractivity contribution in [1.29, 1.82) is 0 Å². The van der Waals surface area contributed by atoms with E-state index in [1.807, 2.05) is 65.2 Å². The number of hydrogen-bond donors (Lipinski definition) is 0. The number of ketones is 1. The molecule has 1 heterocycles. The zero-order chi connectivity index (χ0) is 19.3. The summed E-state index contributed by atoms with van der Waals surface area (Å²) in [6.07, 6.45) is 0. The van der Waals surface area contributed by atoms with Gasteiger partial charge in [-0.3, -0.25) is 9.36 Å². The number of nitrogens with zero attached hydrogens (tertiary/aromatic N) is 3. The molecule has 0 aliphatic carbocycles. The molecule has 0 spiro atoms. The van der Waals surface area contributed by atoms with E-state index >= 15 is 0 Å². The minimum absolute atomic E-state index is 0.0701. The Morgan fingerprint density at radius 2 is 1.50 bits per heavy atom. The fourth-order valence-electron chi connectivity index (χ4n) is 2.84. The van der Waals surface area contributed by atoms with Crippen LogP contribution in [0.4, 0.5) is 4.39 Å². The Balaban J connectivity index is 1.67. The molecule has 0 N–H and O–H groups in total. The molecule has 6 heteroatoms. The number of thioether (sulfide) groups is 1. The summed E-state index contributed by atoms with van der Waals surface area (Å²) in [6, 6.07) is 25.5. The number of hydrogen-bond acceptors (Lipinski definition) is 4. The Bertz CT molecular complexity index is 1100. The Hall–Kier alpha value is -3.25. The Labute approximate surface area is 166 Å². The van der Waals surface area contributed by atoms with Crippen LogP contribution < -0.4 is 0 Å². The third-order valence-electron chi connectivity index (χ3n) is 4.19. The maximum Gasteiger partial charge on any atom is 0.196 e. The summed E-state index contributed by atoms with van der Waals surface area (Å²) >= 11 is 1.24. The van der Waals surface area contributed by atoms with Gasteiger partial charge in [-0.05, 0) is 24.3 Å². The summed E-state index contributed by atoms with van der Waals surface area (Å²) in [6.45, 7) is 0. The molecule has 0 saturated carbocycles. The Morgan fingerprint density at radius 1 is 0.857 bits per heavy atom. The fourth-order valence-corrected chi connectivity index (χ4v) is 3.68. The highest BCUT2D eigenvalue weighted by atomic mass is 32.2. The monoisotopic (exact) mass is 389 g/mol. The van der Waals surface area contributed by atoms with Gasteiger partial charge in [0.25, 0.3) is 0 Å². The van der Waals surface area contributed by atoms with Crippen LogP contribution in [0.25, 0.3) is 17.1 Å². The van der Waals surface area contributed by atoms with Crippen molar-refractivity contribution in [3.05, 3.63) is 96.3 Å². The van der Waals surface area contributed by atoms with Crippen LogP contribution in [0.5, 0.6) is 0 Å². The van der Waals surface area contributed by atoms with Crippen LogP contribution in [0.1, 0.15) is 10.4 Å². The molecule has 1 aromatic heterocycles. The molecule has 0 saturated heterocycles. The average Bonchev–Trinajstić information content (AvgIpc) is 3.17. The molecule has 3 aromatic carbocycles. The zero-order valence-corrected chi connectivity index (χ0v) is 15.6. The van der Waals surface area contributed by atoms with Crippen molar-refractivity contribution in [3.63, 3.8) is 0 Å². The summed E-state index contributed by atoms with van der Waals surface area (Å²) in [5.74, 6) is -0.0389. The lowest BCUT2D eigenvalue weighted by atomic mass is 10.1. The molecule has 28 heavy (non-hydrogen) atoms. The second-order valence-electron chi connectivity index (χ2n) is 6.03. The number of carbonyl (C=O) groups is 1. The molecule has 4 aromatic rings. The predicted molar refractivity (Wildman–Crippen MR) is 108 cm³/mol. The number of rotatable bonds is 6. The molecular formula is C22H16FN3OS. The van der Waals surface area contributed by atoms with Crippen molar-refractivity contribution in [2.75, 3.05) is 5.75 Å². The van der Waals surface area contributed by atoms with Crippen molar-refractivity contribution in [3.8, 4) is 17.1 Å². The molecule has 4 nitrogen and oxygen atoms in total. The van der Waals surface area contributed by atoms with Crippen LogP contribution in [0.2, 0.25) is 0 Å². The quantitative estimate of drug-likeness (QED) is 0.342. The van der Waals surface area contributed by atoms with Crippen LogP contribution in [0.15, 0.2) is 90.1 Å². The van der Waals surface area contributed by atoms with E-state index in [9.17, 15) is 9.18 Å². The van der Waals surface area contributed by atoms with Crippen LogP contribution in [-0.4, -0.2) is 26.3 Å². The first-order valence-electron chi connectivity index (χ1n) is 8.71. The predicted octanol–water partition coefficient (Wildman–Crippen LogP) is 5.05. The summed E-state index contributed by atoms with van der Waals surface area (Å²) in [5.41, 5.74) is 1.90. The molecule has 0 atom stereocenters. The lowest BCUT2D eigenvalue weighted by Gasteiger charge is -2.10. The van der Waals surface area contributed by atoms with Gasteiger partial charge in [-0.25, -0.2) is 4.39 Å². The molecule has 138 valence electrons. The van der Waals surface area contributed by atoms with Crippen molar-refractivity contribution in [1.82, 2.24) is 14.8 Å². The van der Waals surface area contributed by atoms with Crippen LogP contribution in [0, 0.1) is 5.82 Å². The molecule has 0 bridgehead atoms. The van der Waals surface area contributed by atoms with Gasteiger partial charge in [0.05, 0.1) is 11.3 Å². The minimum Gasteiger partial charge on any atom is -0.293 e. The maximum absolute atomic E-state index is 13.9. The third-order valence-corrected chi connectivity index (χ3v) is 5.12. The summed E-state index contributed by atoms with van der Waals surface area (Å²) < 4.78 is 15.8. The highest BCUT2D eigenvalue weighted by Crippen LogP contribution is 2.28. The van der Waals surface area contributed by atoms with Gasteiger partial charge in [0.2, 0.25) is 0 Å². The van der Waals surface area contributed by atoms with Crippen molar-refractivity contribution >= 4 is 17.5 Å². The molecule has 4 rings (SSSR count). The Kier molecular flexibility index (Phi) is 5.30. The molecular weight excluding hydrogens is 373 g/mol. The molecule has 0 unspecified atom stereocenters. The highest BCUT2D eigenvalue weighted by Gasteiger charge is 2.18. The lowest BCUT2D eigenvalue weighted by Crippen LogP contribution is -2.06. The number of benzene rings is 3. The van der Waals surface area contributed by atoms with Crippen molar-refractivity contribution in [2.45, 2.75) is 5.16 Å². The minimum atomic E-state index is -0.511. The van der Waals surface area contributed by atoms with Crippen LogP contribution in [-0.2, 0) is 0 Å². The summed E-state index contributed by atoms with van der Waals surface area (Å²) in [5, 5.41) is 9.20. The van der Waals surface area contributed by atoms with Gasteiger partial charge in [-0.15, -0.1) is 10.2 Å². The van der Waals surface area contributed by atoms with Gasteiger partial charge < -0.3 is 0 Å². The number of aromatic nitrogens is 3. The van der Waals surface area contributed by atoms with E-state index in [4.69, 9.17) is 0 Å². The van der Waals surface area contributed by atoms with E-state index in [0.29, 0.717) is 11.0 Å². The largest absolute Gasteiger partial charge is 0.293 e. The van der Waals surface area contributed by atoms with Gasteiger partial charge in [0.1, 0.15) is 5.82 Å². The highest BCUT2D eigenvalue weighted by molar-refractivity contribution is 7.99. The standard InChI is InChI=1S/C22H16FN3OS/c23-19-14-8-7-13-18(19)20(27)15-28-22-25-24-21(16-9-3-1-4-10-16)26(22)17-11-5-2-6-12-17/h1-14H,15H2. The van der Waals surface area contributed by atoms with Crippen LogP contribution >= 0.6 is 11.8 Å². The second-order valence-corrected chi connectivity index (χ2v) is 6.98. The fraction of sp³-hybridized carbons (Fsp3) is 0.0455. The SMILES string of the molecule is O=C(CSc1nnc(-c2ccccc2)n1-c1ccccc1)c1ccccc1F. The van der Waals surface area contributed by atoms with Gasteiger partial charge >= 0.3 is 0 Å². The molecule has 0 fully saturated rings. The van der Waals surface area contributed by atoms with Crippen molar-refractivity contribution < 1.29 is 9.18 Å². The number of para-hydroxylation sites is 1. The van der Waals surface area contributed by atoms with Gasteiger partial charge in [-0.1, -0.05) is 72.4 Å². The van der Waals surface area contributed by atoms with E-state index < -0.39 is 5.82 Å². The molecule has 0 aliphatic heterocycles. The van der Waals surface area contributed by atoms with Gasteiger partial charge in [0, 0.05) is 11.3 Å². The summed E-state index contributed by atoms with van der Waals surface area (Å²) in [4.78, 5) is 12.4. The average molecular weight is 389 g/mol. The first-order valence-corrected chi connectivity index (χ1v) is 9.69. The normalized spacial score (nSPS) is 10.8. The maximum atomic E-state index is 13.9. The van der Waals surface area contributed by atoms with E-state index in [1.165, 1.54) is 23.9 Å². The third kappa shape index (κ3) is 3.73. The van der Waals surface area contributed by atoms with E-state index in [2.05, 4.69) is 10.2 Å². The Morgan fingerprint density at radius 3 is 2.21 bits per heavy atom. The van der Waals surface area contributed by atoms with Crippen molar-refractivity contribution in [2.24, 2.45) is 0 Å². The van der Waals surface area contributed by atoms with Gasteiger partial charge in [-0.2, -0.15) is 0 Å². The first kappa shape index (κ1) is 18.1. The molecule has 0 amide bonds. The van der Waals surface area contributed by atoms with E-state index in [-0.39, 0.29) is 17.1 Å². The number of Topliss-reactive ketones (excluding diaryl/α,β-unsaturated/α-hetero) is 1.